The Morgan fingerprint density at radius 1 is 1.50 bits per heavy atom. The van der Waals surface area contributed by atoms with Crippen molar-refractivity contribution in [2.24, 2.45) is 5.41 Å². The fourth-order valence-electron chi connectivity index (χ4n) is 2.29. The first-order chi connectivity index (χ1) is 7.65. The average Bonchev–Trinajstić information content (AvgIpc) is 2.32. The first kappa shape index (κ1) is 13.6. The van der Waals surface area contributed by atoms with Gasteiger partial charge in [-0.3, -0.25) is 4.79 Å². The van der Waals surface area contributed by atoms with E-state index in [9.17, 15) is 9.59 Å². The van der Waals surface area contributed by atoms with Crippen molar-refractivity contribution in [2.75, 3.05) is 18.9 Å². The second-order valence-electron chi connectivity index (χ2n) is 4.49. The lowest BCUT2D eigenvalue weighted by Gasteiger charge is -2.36. The van der Waals surface area contributed by atoms with Gasteiger partial charge in [-0.15, -0.1) is 0 Å². The number of aldehydes is 1. The molecule has 0 bridgehead atoms. The Morgan fingerprint density at radius 2 is 2.12 bits per heavy atom. The van der Waals surface area contributed by atoms with Gasteiger partial charge in [0.1, 0.15) is 6.29 Å². The molecule has 0 saturated heterocycles. The van der Waals surface area contributed by atoms with Crippen LogP contribution < -0.4 is 10.6 Å². The van der Waals surface area contributed by atoms with Gasteiger partial charge in [-0.2, -0.15) is 0 Å². The summed E-state index contributed by atoms with van der Waals surface area (Å²) in [6, 6.07) is 0.231. The molecule has 0 heterocycles. The number of carbonyl (C=O) groups is 2. The van der Waals surface area contributed by atoms with Crippen LogP contribution in [0, 0.1) is 5.41 Å². The topological polar surface area (TPSA) is 58.2 Å². The van der Waals surface area contributed by atoms with Gasteiger partial charge in [0.15, 0.2) is 0 Å². The van der Waals surface area contributed by atoms with Crippen LogP contribution in [0.1, 0.15) is 25.7 Å². The van der Waals surface area contributed by atoms with Crippen molar-refractivity contribution in [3.05, 3.63) is 0 Å². The summed E-state index contributed by atoms with van der Waals surface area (Å²) in [6.45, 7) is 0.732. The smallest absolute Gasteiger partial charge is 0.230 e. The minimum Gasteiger partial charge on any atom is -0.353 e. The molecular formula is C11H19BrN2O2. The molecule has 0 spiro atoms. The largest absolute Gasteiger partial charge is 0.353 e. The summed E-state index contributed by atoms with van der Waals surface area (Å²) in [5.74, 6) is 0.0252. The number of hydrogen-bond acceptors (Lipinski definition) is 3. The number of halogens is 1. The molecule has 0 aliphatic heterocycles. The van der Waals surface area contributed by atoms with Crippen molar-refractivity contribution in [2.45, 2.75) is 31.7 Å². The second kappa shape index (κ2) is 6.35. The van der Waals surface area contributed by atoms with Crippen LogP contribution in [0.2, 0.25) is 0 Å². The summed E-state index contributed by atoms with van der Waals surface area (Å²) in [5.41, 5.74) is -0.218. The Bertz CT molecular complexity index is 250. The normalized spacial score (nSPS) is 29.8. The van der Waals surface area contributed by atoms with E-state index in [1.807, 2.05) is 7.05 Å². The summed E-state index contributed by atoms with van der Waals surface area (Å²) in [5, 5.41) is 6.37. The fraction of sp³-hybridized carbons (Fsp3) is 0.818. The third kappa shape index (κ3) is 3.56. The van der Waals surface area contributed by atoms with Crippen LogP contribution in [0.15, 0.2) is 0 Å². The molecule has 0 unspecified atom stereocenters. The number of carbonyl (C=O) groups excluding carboxylic acids is 2. The van der Waals surface area contributed by atoms with Crippen LogP contribution in [-0.4, -0.2) is 37.2 Å². The van der Waals surface area contributed by atoms with Crippen LogP contribution in [0.5, 0.6) is 0 Å². The Balaban J connectivity index is 2.43. The molecule has 1 amide bonds. The van der Waals surface area contributed by atoms with E-state index in [1.165, 1.54) is 0 Å². The lowest BCUT2D eigenvalue weighted by atomic mass is 9.73. The summed E-state index contributed by atoms with van der Waals surface area (Å²) in [6.07, 6.45) is 4.56. The highest BCUT2D eigenvalue weighted by Crippen LogP contribution is 2.33. The third-order valence-electron chi connectivity index (χ3n) is 3.25. The lowest BCUT2D eigenvalue weighted by molar-refractivity contribution is -0.120. The SMILES string of the molecule is CNCC1(C=O)CCC(NC(=O)CBr)CC1. The molecule has 5 heteroatoms. The number of nitrogens with one attached hydrogen (secondary N) is 2. The van der Waals surface area contributed by atoms with Crippen LogP contribution in [0.4, 0.5) is 0 Å². The quantitative estimate of drug-likeness (QED) is 0.583. The maximum atomic E-state index is 11.2. The molecule has 0 atom stereocenters. The predicted octanol–water partition coefficient (Wildman–Crippen LogP) is 0.845. The number of hydrogen-bond donors (Lipinski definition) is 2. The van der Waals surface area contributed by atoms with Crippen molar-refractivity contribution < 1.29 is 9.59 Å². The first-order valence-electron chi connectivity index (χ1n) is 5.62. The minimum absolute atomic E-state index is 0.0252. The van der Waals surface area contributed by atoms with Gasteiger partial charge in [-0.05, 0) is 32.7 Å². The number of rotatable bonds is 5. The zero-order valence-corrected chi connectivity index (χ0v) is 11.2. The highest BCUT2D eigenvalue weighted by molar-refractivity contribution is 9.09. The molecule has 0 aromatic carbocycles. The maximum Gasteiger partial charge on any atom is 0.230 e. The number of amides is 1. The van der Waals surface area contributed by atoms with E-state index < -0.39 is 0 Å². The van der Waals surface area contributed by atoms with E-state index in [-0.39, 0.29) is 17.4 Å². The molecule has 1 fully saturated rings. The second-order valence-corrected chi connectivity index (χ2v) is 5.05. The summed E-state index contributed by atoms with van der Waals surface area (Å²) in [7, 11) is 1.87. The van der Waals surface area contributed by atoms with Gasteiger partial charge in [0.2, 0.25) is 5.91 Å². The molecule has 0 aromatic heterocycles. The minimum atomic E-state index is -0.218. The van der Waals surface area contributed by atoms with E-state index in [0.29, 0.717) is 5.33 Å². The van der Waals surface area contributed by atoms with Gasteiger partial charge in [0.25, 0.3) is 0 Å². The van der Waals surface area contributed by atoms with Crippen LogP contribution in [-0.2, 0) is 9.59 Å². The monoisotopic (exact) mass is 290 g/mol. The van der Waals surface area contributed by atoms with Crippen molar-refractivity contribution in [3.8, 4) is 0 Å². The maximum absolute atomic E-state index is 11.2. The van der Waals surface area contributed by atoms with Gasteiger partial charge in [-0.25, -0.2) is 0 Å². The molecule has 4 nitrogen and oxygen atoms in total. The van der Waals surface area contributed by atoms with E-state index in [2.05, 4.69) is 26.6 Å². The van der Waals surface area contributed by atoms with Crippen LogP contribution in [0.25, 0.3) is 0 Å². The van der Waals surface area contributed by atoms with Gasteiger partial charge >= 0.3 is 0 Å². The van der Waals surface area contributed by atoms with Gasteiger partial charge in [-0.1, -0.05) is 15.9 Å². The standard InChI is InChI=1S/C11H19BrN2O2/c1-13-7-11(8-15)4-2-9(3-5-11)14-10(16)6-12/h8-9,13H,2-7H2,1H3,(H,14,16). The van der Waals surface area contributed by atoms with E-state index in [0.717, 1.165) is 38.5 Å². The molecular weight excluding hydrogens is 272 g/mol. The fourth-order valence-corrected chi connectivity index (χ4v) is 2.45. The van der Waals surface area contributed by atoms with Crippen LogP contribution >= 0.6 is 15.9 Å². The molecule has 0 radical (unpaired) electrons. The lowest BCUT2D eigenvalue weighted by Crippen LogP contribution is -2.44. The molecule has 92 valence electrons. The molecule has 1 saturated carbocycles. The predicted molar refractivity (Wildman–Crippen MR) is 66.6 cm³/mol. The van der Waals surface area contributed by atoms with E-state index in [1.54, 1.807) is 0 Å². The zero-order valence-electron chi connectivity index (χ0n) is 9.59. The van der Waals surface area contributed by atoms with Gasteiger partial charge in [0.05, 0.1) is 5.33 Å². The highest BCUT2D eigenvalue weighted by atomic mass is 79.9. The zero-order chi connectivity index (χ0) is 12.0. The van der Waals surface area contributed by atoms with E-state index in [4.69, 9.17) is 0 Å². The Hall–Kier alpha value is -0.420. The van der Waals surface area contributed by atoms with Crippen molar-refractivity contribution in [1.29, 1.82) is 0 Å². The van der Waals surface area contributed by atoms with Crippen LogP contribution in [0.3, 0.4) is 0 Å². The molecule has 16 heavy (non-hydrogen) atoms. The van der Waals surface area contributed by atoms with Crippen molar-refractivity contribution in [3.63, 3.8) is 0 Å². The average molecular weight is 291 g/mol. The molecule has 1 rings (SSSR count). The Labute approximate surface area is 105 Å². The summed E-state index contributed by atoms with van der Waals surface area (Å²) in [4.78, 5) is 22.3. The highest BCUT2D eigenvalue weighted by Gasteiger charge is 2.34. The summed E-state index contributed by atoms with van der Waals surface area (Å²) < 4.78 is 0. The van der Waals surface area contributed by atoms with E-state index >= 15 is 0 Å². The van der Waals surface area contributed by atoms with Gasteiger partial charge < -0.3 is 15.4 Å². The number of alkyl halides is 1. The molecule has 1 aliphatic rings. The molecule has 2 N–H and O–H groups in total. The molecule has 0 aromatic rings. The van der Waals surface area contributed by atoms with Crippen molar-refractivity contribution in [1.82, 2.24) is 10.6 Å². The third-order valence-corrected chi connectivity index (χ3v) is 3.76. The van der Waals surface area contributed by atoms with Crippen molar-refractivity contribution >= 4 is 28.1 Å². The summed E-state index contributed by atoms with van der Waals surface area (Å²) >= 11 is 3.12. The van der Waals surface area contributed by atoms with Gasteiger partial charge in [0, 0.05) is 18.0 Å². The first-order valence-corrected chi connectivity index (χ1v) is 6.74. The molecule has 1 aliphatic carbocycles. The Morgan fingerprint density at radius 3 is 2.56 bits per heavy atom. The Kier molecular flexibility index (Phi) is 5.41.